The van der Waals surface area contributed by atoms with Gasteiger partial charge < -0.3 is 5.11 Å². The molecule has 1 aliphatic rings. The van der Waals surface area contributed by atoms with Gasteiger partial charge in [-0.2, -0.15) is 5.26 Å². The van der Waals surface area contributed by atoms with Gasteiger partial charge in [0.25, 0.3) is 0 Å². The van der Waals surface area contributed by atoms with E-state index in [4.69, 9.17) is 5.26 Å². The summed E-state index contributed by atoms with van der Waals surface area (Å²) in [6.07, 6.45) is 0.708. The van der Waals surface area contributed by atoms with Crippen LogP contribution in [0.2, 0.25) is 0 Å². The summed E-state index contributed by atoms with van der Waals surface area (Å²) in [5.41, 5.74) is 1.89. The van der Waals surface area contributed by atoms with E-state index in [9.17, 15) is 5.11 Å². The third-order valence-corrected chi connectivity index (χ3v) is 2.74. The molecule has 0 aliphatic carbocycles. The van der Waals surface area contributed by atoms with Gasteiger partial charge >= 0.3 is 0 Å². The van der Waals surface area contributed by atoms with Crippen LogP contribution in [0.25, 0.3) is 0 Å². The van der Waals surface area contributed by atoms with Crippen molar-refractivity contribution in [2.24, 2.45) is 0 Å². The topological polar surface area (TPSA) is 47.3 Å². The molecule has 1 N–H and O–H groups in total. The van der Waals surface area contributed by atoms with Crippen molar-refractivity contribution in [2.75, 3.05) is 13.1 Å². The van der Waals surface area contributed by atoms with Crippen LogP contribution in [0.4, 0.5) is 0 Å². The number of likely N-dealkylation sites (tertiary alicyclic amines) is 1. The maximum atomic E-state index is 9.38. The van der Waals surface area contributed by atoms with Gasteiger partial charge in [-0.05, 0) is 24.1 Å². The van der Waals surface area contributed by atoms with E-state index in [1.54, 1.807) is 0 Å². The minimum atomic E-state index is -0.164. The van der Waals surface area contributed by atoms with Gasteiger partial charge in [0.15, 0.2) is 0 Å². The molecule has 1 aliphatic heterocycles. The molecule has 3 heteroatoms. The van der Waals surface area contributed by atoms with Crippen LogP contribution in [0.1, 0.15) is 17.5 Å². The van der Waals surface area contributed by atoms with Crippen LogP contribution in [-0.4, -0.2) is 29.2 Å². The molecular formula is C12H14N2O. The highest BCUT2D eigenvalue weighted by molar-refractivity contribution is 5.31. The van der Waals surface area contributed by atoms with Gasteiger partial charge in [0.1, 0.15) is 0 Å². The number of β-amino-alcohol motifs (C(OH)–C–C–N with tert-alkyl or cyclic N) is 1. The summed E-state index contributed by atoms with van der Waals surface area (Å²) < 4.78 is 0. The van der Waals surface area contributed by atoms with Crippen molar-refractivity contribution in [3.8, 4) is 6.07 Å². The van der Waals surface area contributed by atoms with Gasteiger partial charge in [-0.1, -0.05) is 12.1 Å². The number of nitriles is 1. The van der Waals surface area contributed by atoms with Crippen LogP contribution in [0, 0.1) is 11.3 Å². The third-order valence-electron chi connectivity index (χ3n) is 2.74. The van der Waals surface area contributed by atoms with Crippen LogP contribution in [0.3, 0.4) is 0 Å². The zero-order chi connectivity index (χ0) is 10.7. The van der Waals surface area contributed by atoms with Gasteiger partial charge in [-0.15, -0.1) is 0 Å². The molecule has 1 saturated heterocycles. The Morgan fingerprint density at radius 2 is 2.13 bits per heavy atom. The van der Waals surface area contributed by atoms with Crippen molar-refractivity contribution < 1.29 is 5.11 Å². The van der Waals surface area contributed by atoms with Crippen molar-refractivity contribution in [1.29, 1.82) is 5.26 Å². The first kappa shape index (κ1) is 10.2. The highest BCUT2D eigenvalue weighted by Gasteiger charge is 2.19. The molecule has 0 aromatic heterocycles. The second-order valence-electron chi connectivity index (χ2n) is 3.99. The average molecular weight is 202 g/mol. The largest absolute Gasteiger partial charge is 0.392 e. The van der Waals surface area contributed by atoms with Gasteiger partial charge in [0.2, 0.25) is 0 Å². The number of aliphatic hydroxyl groups excluding tert-OH is 1. The zero-order valence-electron chi connectivity index (χ0n) is 8.56. The SMILES string of the molecule is N#Cc1ccc(CN2CC[C@@H](O)C2)cc1. The molecule has 2 rings (SSSR count). The van der Waals surface area contributed by atoms with E-state index < -0.39 is 0 Å². The van der Waals surface area contributed by atoms with Crippen molar-refractivity contribution in [3.05, 3.63) is 35.4 Å². The molecule has 1 aromatic carbocycles. The van der Waals surface area contributed by atoms with E-state index >= 15 is 0 Å². The molecule has 1 fully saturated rings. The second-order valence-corrected chi connectivity index (χ2v) is 3.99. The highest BCUT2D eigenvalue weighted by atomic mass is 16.3. The Morgan fingerprint density at radius 3 is 2.67 bits per heavy atom. The normalized spacial score (nSPS) is 21.5. The summed E-state index contributed by atoms with van der Waals surface area (Å²) in [5, 5.41) is 18.0. The molecule has 78 valence electrons. The Morgan fingerprint density at radius 1 is 1.40 bits per heavy atom. The number of nitrogens with zero attached hydrogens (tertiary/aromatic N) is 2. The summed E-state index contributed by atoms with van der Waals surface area (Å²) in [6, 6.07) is 9.72. The summed E-state index contributed by atoms with van der Waals surface area (Å²) in [5.74, 6) is 0. The maximum Gasteiger partial charge on any atom is 0.0991 e. The first-order valence-electron chi connectivity index (χ1n) is 5.17. The Kier molecular flexibility index (Phi) is 3.00. The van der Waals surface area contributed by atoms with E-state index in [0.29, 0.717) is 5.56 Å². The molecule has 0 radical (unpaired) electrons. The van der Waals surface area contributed by atoms with E-state index in [0.717, 1.165) is 26.1 Å². The molecule has 0 unspecified atom stereocenters. The minimum Gasteiger partial charge on any atom is -0.392 e. The van der Waals surface area contributed by atoms with Crippen molar-refractivity contribution in [1.82, 2.24) is 4.90 Å². The smallest absolute Gasteiger partial charge is 0.0991 e. The molecule has 1 atom stereocenters. The third kappa shape index (κ3) is 2.56. The zero-order valence-corrected chi connectivity index (χ0v) is 8.56. The predicted octanol–water partition coefficient (Wildman–Crippen LogP) is 1.12. The van der Waals surface area contributed by atoms with Gasteiger partial charge in [-0.25, -0.2) is 0 Å². The van der Waals surface area contributed by atoms with Gasteiger partial charge in [-0.3, -0.25) is 4.90 Å². The lowest BCUT2D eigenvalue weighted by Crippen LogP contribution is -2.21. The Bertz CT molecular complexity index is 366. The van der Waals surface area contributed by atoms with E-state index in [2.05, 4.69) is 11.0 Å². The van der Waals surface area contributed by atoms with Crippen LogP contribution in [0.5, 0.6) is 0 Å². The molecular weight excluding hydrogens is 188 g/mol. The summed E-state index contributed by atoms with van der Waals surface area (Å²) in [7, 11) is 0. The molecule has 1 aromatic rings. The quantitative estimate of drug-likeness (QED) is 0.782. The first-order valence-corrected chi connectivity index (χ1v) is 5.17. The minimum absolute atomic E-state index is 0.164. The molecule has 0 amide bonds. The lowest BCUT2D eigenvalue weighted by atomic mass is 10.1. The predicted molar refractivity (Wildman–Crippen MR) is 57.1 cm³/mol. The maximum absolute atomic E-state index is 9.38. The molecule has 1 heterocycles. The van der Waals surface area contributed by atoms with Crippen molar-refractivity contribution >= 4 is 0 Å². The van der Waals surface area contributed by atoms with Crippen molar-refractivity contribution in [3.63, 3.8) is 0 Å². The number of hydrogen-bond acceptors (Lipinski definition) is 3. The van der Waals surface area contributed by atoms with E-state index in [1.165, 1.54) is 5.56 Å². The second kappa shape index (κ2) is 4.43. The average Bonchev–Trinajstić information content (AvgIpc) is 2.65. The molecule has 0 spiro atoms. The Hall–Kier alpha value is -1.37. The van der Waals surface area contributed by atoms with Crippen LogP contribution in [-0.2, 0) is 6.54 Å². The molecule has 0 bridgehead atoms. The van der Waals surface area contributed by atoms with Crippen LogP contribution in [0.15, 0.2) is 24.3 Å². The highest BCUT2D eigenvalue weighted by Crippen LogP contribution is 2.13. The Balaban J connectivity index is 1.96. The summed E-state index contributed by atoms with van der Waals surface area (Å²) >= 11 is 0. The Labute approximate surface area is 89.6 Å². The van der Waals surface area contributed by atoms with Crippen molar-refractivity contribution in [2.45, 2.75) is 19.1 Å². The summed E-state index contributed by atoms with van der Waals surface area (Å²) in [4.78, 5) is 2.23. The lowest BCUT2D eigenvalue weighted by molar-refractivity contribution is 0.175. The lowest BCUT2D eigenvalue weighted by Gasteiger charge is -2.14. The fraction of sp³-hybridized carbons (Fsp3) is 0.417. The molecule has 0 saturated carbocycles. The number of aliphatic hydroxyl groups is 1. The van der Waals surface area contributed by atoms with Gasteiger partial charge in [0.05, 0.1) is 17.7 Å². The first-order chi connectivity index (χ1) is 7.28. The molecule has 15 heavy (non-hydrogen) atoms. The number of benzene rings is 1. The number of hydrogen-bond donors (Lipinski definition) is 1. The van der Waals surface area contributed by atoms with Gasteiger partial charge in [0, 0.05) is 19.6 Å². The summed E-state index contributed by atoms with van der Waals surface area (Å²) in [6.45, 7) is 2.59. The molecule has 3 nitrogen and oxygen atoms in total. The fourth-order valence-electron chi connectivity index (χ4n) is 1.90. The number of rotatable bonds is 2. The standard InChI is InChI=1S/C12H14N2O/c13-7-10-1-3-11(4-2-10)8-14-6-5-12(15)9-14/h1-4,12,15H,5-6,8-9H2/t12-/m1/s1. The fourth-order valence-corrected chi connectivity index (χ4v) is 1.90. The van der Waals surface area contributed by atoms with E-state index in [1.807, 2.05) is 24.3 Å². The van der Waals surface area contributed by atoms with Crippen LogP contribution >= 0.6 is 0 Å². The van der Waals surface area contributed by atoms with Crippen LogP contribution < -0.4 is 0 Å². The monoisotopic (exact) mass is 202 g/mol. The van der Waals surface area contributed by atoms with E-state index in [-0.39, 0.29) is 6.10 Å².